The zero-order valence-electron chi connectivity index (χ0n) is 16.9. The number of amides is 1. The fraction of sp³-hybridized carbons (Fsp3) is 0.381. The highest BCUT2D eigenvalue weighted by atomic mass is 35.5. The number of carbonyl (C=O) groups is 1. The third kappa shape index (κ3) is 5.26. The first-order valence-electron chi connectivity index (χ1n) is 9.17. The van der Waals surface area contributed by atoms with Gasteiger partial charge in [-0.05, 0) is 62.6 Å². The minimum atomic E-state index is -3.67. The Labute approximate surface area is 172 Å². The molecule has 2 atom stereocenters. The molecule has 0 bridgehead atoms. The third-order valence-corrected chi connectivity index (χ3v) is 6.09. The number of halogens is 1. The van der Waals surface area contributed by atoms with Gasteiger partial charge in [0.05, 0.1) is 18.0 Å². The molecule has 0 fully saturated rings. The Morgan fingerprint density at radius 1 is 1.14 bits per heavy atom. The van der Waals surface area contributed by atoms with Crippen molar-refractivity contribution in [1.29, 1.82) is 0 Å². The molecule has 0 aromatic heterocycles. The molecule has 0 saturated heterocycles. The Bertz CT molecular complexity index is 943. The maximum absolute atomic E-state index is 13.0. The van der Waals surface area contributed by atoms with Gasteiger partial charge >= 0.3 is 0 Å². The Kier molecular flexibility index (Phi) is 7.12. The van der Waals surface area contributed by atoms with Gasteiger partial charge in [-0.1, -0.05) is 42.3 Å². The molecule has 0 spiro atoms. The van der Waals surface area contributed by atoms with E-state index in [2.05, 4.69) is 11.4 Å². The molecule has 0 aliphatic carbocycles. The van der Waals surface area contributed by atoms with Crippen LogP contribution in [0.1, 0.15) is 43.0 Å². The van der Waals surface area contributed by atoms with Gasteiger partial charge < -0.3 is 5.32 Å². The average Bonchev–Trinajstić information content (AvgIpc) is 2.59. The quantitative estimate of drug-likeness (QED) is 0.720. The zero-order chi connectivity index (χ0) is 21.1. The highest BCUT2D eigenvalue weighted by Crippen LogP contribution is 2.25. The van der Waals surface area contributed by atoms with E-state index in [4.69, 9.17) is 11.6 Å². The Hall–Kier alpha value is -2.05. The molecule has 2 rings (SSSR count). The average molecular weight is 423 g/mol. The molecule has 0 radical (unpaired) electrons. The molecule has 2 aromatic rings. The van der Waals surface area contributed by atoms with E-state index in [9.17, 15) is 13.2 Å². The minimum absolute atomic E-state index is 0.242. The van der Waals surface area contributed by atoms with Gasteiger partial charge in [0.15, 0.2) is 0 Å². The lowest BCUT2D eigenvalue weighted by molar-refractivity contribution is -0.122. The van der Waals surface area contributed by atoms with Crippen LogP contribution in [0.5, 0.6) is 0 Å². The maximum Gasteiger partial charge on any atom is 0.244 e. The van der Waals surface area contributed by atoms with Crippen LogP contribution in [0.2, 0.25) is 5.02 Å². The summed E-state index contributed by atoms with van der Waals surface area (Å²) >= 11 is 5.92. The number of carbonyl (C=O) groups excluding carboxylic acids is 1. The van der Waals surface area contributed by atoms with Gasteiger partial charge in [0, 0.05) is 5.02 Å². The molecule has 7 heteroatoms. The van der Waals surface area contributed by atoms with Crippen LogP contribution in [0.15, 0.2) is 42.5 Å². The summed E-state index contributed by atoms with van der Waals surface area (Å²) < 4.78 is 26.1. The van der Waals surface area contributed by atoms with Crippen molar-refractivity contribution >= 4 is 33.2 Å². The van der Waals surface area contributed by atoms with E-state index in [0.717, 1.165) is 27.3 Å². The lowest BCUT2D eigenvalue weighted by atomic mass is 10.00. The van der Waals surface area contributed by atoms with E-state index >= 15 is 0 Å². The van der Waals surface area contributed by atoms with Crippen LogP contribution in [0.4, 0.5) is 5.69 Å². The fourth-order valence-electron chi connectivity index (χ4n) is 3.35. The van der Waals surface area contributed by atoms with Gasteiger partial charge in [-0.3, -0.25) is 9.10 Å². The van der Waals surface area contributed by atoms with Crippen molar-refractivity contribution in [3.63, 3.8) is 0 Å². The van der Waals surface area contributed by atoms with Crippen molar-refractivity contribution < 1.29 is 13.2 Å². The molecular weight excluding hydrogens is 396 g/mol. The molecule has 2 unspecified atom stereocenters. The van der Waals surface area contributed by atoms with E-state index < -0.39 is 16.1 Å². The van der Waals surface area contributed by atoms with E-state index in [1.807, 2.05) is 32.9 Å². The number of hydrogen-bond donors (Lipinski definition) is 1. The molecule has 5 nitrogen and oxygen atoms in total. The van der Waals surface area contributed by atoms with E-state index in [-0.39, 0.29) is 11.9 Å². The number of aryl methyl sites for hydroxylation is 2. The Morgan fingerprint density at radius 2 is 1.75 bits per heavy atom. The first kappa shape index (κ1) is 22.2. The number of anilines is 1. The van der Waals surface area contributed by atoms with Crippen molar-refractivity contribution in [3.8, 4) is 0 Å². The minimum Gasteiger partial charge on any atom is -0.348 e. The van der Waals surface area contributed by atoms with Crippen LogP contribution in [-0.2, 0) is 14.8 Å². The van der Waals surface area contributed by atoms with Crippen LogP contribution in [0, 0.1) is 13.8 Å². The second-order valence-electron chi connectivity index (χ2n) is 7.05. The maximum atomic E-state index is 13.0. The van der Waals surface area contributed by atoms with E-state index in [1.165, 1.54) is 0 Å². The molecule has 152 valence electrons. The normalized spacial score (nSPS) is 13.6. The third-order valence-electron chi connectivity index (χ3n) is 4.66. The second-order valence-corrected chi connectivity index (χ2v) is 9.35. The molecule has 0 saturated carbocycles. The topological polar surface area (TPSA) is 66.5 Å². The van der Waals surface area contributed by atoms with Crippen LogP contribution in [0.25, 0.3) is 0 Å². The van der Waals surface area contributed by atoms with Crippen molar-refractivity contribution in [2.24, 2.45) is 0 Å². The van der Waals surface area contributed by atoms with E-state index in [1.54, 1.807) is 31.2 Å². The second kappa shape index (κ2) is 8.97. The van der Waals surface area contributed by atoms with Gasteiger partial charge in [0.25, 0.3) is 0 Å². The molecule has 1 amide bonds. The number of nitrogens with one attached hydrogen (secondary N) is 1. The van der Waals surface area contributed by atoms with Crippen LogP contribution >= 0.6 is 11.6 Å². The molecule has 1 N–H and O–H groups in total. The van der Waals surface area contributed by atoms with Gasteiger partial charge in [-0.2, -0.15) is 0 Å². The largest absolute Gasteiger partial charge is 0.348 e. The summed E-state index contributed by atoms with van der Waals surface area (Å²) in [5.74, 6) is -0.338. The summed E-state index contributed by atoms with van der Waals surface area (Å²) in [6.07, 6.45) is 1.44. The van der Waals surface area contributed by atoms with Gasteiger partial charge in [0.1, 0.15) is 6.04 Å². The van der Waals surface area contributed by atoms with Crippen molar-refractivity contribution in [2.75, 3.05) is 10.6 Å². The van der Waals surface area contributed by atoms with E-state index in [0.29, 0.717) is 17.1 Å². The highest BCUT2D eigenvalue weighted by molar-refractivity contribution is 7.92. The summed E-state index contributed by atoms with van der Waals surface area (Å²) in [7, 11) is -3.67. The molecule has 0 aliphatic heterocycles. The molecule has 2 aromatic carbocycles. The lowest BCUT2D eigenvalue weighted by Crippen LogP contribution is -2.49. The van der Waals surface area contributed by atoms with Crippen LogP contribution < -0.4 is 9.62 Å². The monoisotopic (exact) mass is 422 g/mol. The first-order valence-corrected chi connectivity index (χ1v) is 11.4. The SMILES string of the molecule is CCC(C(=O)NC(C)c1ccc(C)cc1C)N(c1ccc(Cl)cc1)S(C)(=O)=O. The molecule has 28 heavy (non-hydrogen) atoms. The van der Waals surface area contributed by atoms with Gasteiger partial charge in [0.2, 0.25) is 15.9 Å². The number of nitrogens with zero attached hydrogens (tertiary/aromatic N) is 1. The Morgan fingerprint density at radius 3 is 2.25 bits per heavy atom. The van der Waals surface area contributed by atoms with Crippen molar-refractivity contribution in [2.45, 2.75) is 46.2 Å². The predicted molar refractivity (Wildman–Crippen MR) is 115 cm³/mol. The summed E-state index contributed by atoms with van der Waals surface area (Å²) in [4.78, 5) is 13.0. The summed E-state index contributed by atoms with van der Waals surface area (Å²) in [5.41, 5.74) is 3.65. The van der Waals surface area contributed by atoms with Crippen LogP contribution in [-0.4, -0.2) is 26.6 Å². The predicted octanol–water partition coefficient (Wildman–Crippen LogP) is 4.38. The van der Waals surface area contributed by atoms with Gasteiger partial charge in [-0.25, -0.2) is 8.42 Å². The number of sulfonamides is 1. The van der Waals surface area contributed by atoms with Crippen molar-refractivity contribution in [1.82, 2.24) is 5.32 Å². The number of benzene rings is 2. The molecule has 0 aliphatic rings. The fourth-order valence-corrected chi connectivity index (χ4v) is 4.68. The Balaban J connectivity index is 2.32. The summed E-state index contributed by atoms with van der Waals surface area (Å²) in [6.45, 7) is 7.71. The number of hydrogen-bond acceptors (Lipinski definition) is 3. The molecular formula is C21H27ClN2O3S. The van der Waals surface area contributed by atoms with Gasteiger partial charge in [-0.15, -0.1) is 0 Å². The first-order chi connectivity index (χ1) is 13.0. The highest BCUT2D eigenvalue weighted by Gasteiger charge is 2.32. The summed E-state index contributed by atoms with van der Waals surface area (Å²) in [6, 6.07) is 11.4. The standard InChI is InChI=1S/C21H27ClN2O3S/c1-6-20(24(28(5,26)27)18-10-8-17(22)9-11-18)21(25)23-16(4)19-12-7-14(2)13-15(19)3/h7-13,16,20H,6H2,1-5H3,(H,23,25). The summed E-state index contributed by atoms with van der Waals surface area (Å²) in [5, 5.41) is 3.47. The lowest BCUT2D eigenvalue weighted by Gasteiger charge is -2.31. The molecule has 0 heterocycles. The zero-order valence-corrected chi connectivity index (χ0v) is 18.4. The van der Waals surface area contributed by atoms with Crippen LogP contribution in [0.3, 0.4) is 0 Å². The number of rotatable bonds is 7. The van der Waals surface area contributed by atoms with Crippen molar-refractivity contribution in [3.05, 3.63) is 64.2 Å². The smallest absolute Gasteiger partial charge is 0.244 e.